The summed E-state index contributed by atoms with van der Waals surface area (Å²) in [6, 6.07) is 9.81. The zero-order chi connectivity index (χ0) is 13.9. The molecule has 3 heteroatoms. The highest BCUT2D eigenvalue weighted by molar-refractivity contribution is 5.90. The summed E-state index contributed by atoms with van der Waals surface area (Å²) in [5.41, 5.74) is 3.82. The Morgan fingerprint density at radius 3 is 2.75 bits per heavy atom. The first-order chi connectivity index (χ1) is 9.78. The topological polar surface area (TPSA) is 50.1 Å². The summed E-state index contributed by atoms with van der Waals surface area (Å²) < 4.78 is 5.11. The Morgan fingerprint density at radius 1 is 1.20 bits per heavy atom. The van der Waals surface area contributed by atoms with Gasteiger partial charge in [-0.3, -0.25) is 0 Å². The van der Waals surface area contributed by atoms with Crippen LogP contribution in [0.3, 0.4) is 0 Å². The normalized spacial score (nSPS) is 21.8. The highest BCUT2D eigenvalue weighted by Gasteiger charge is 2.24. The van der Waals surface area contributed by atoms with Crippen molar-refractivity contribution in [2.45, 2.75) is 25.2 Å². The molecule has 0 aromatic heterocycles. The summed E-state index contributed by atoms with van der Waals surface area (Å²) in [4.78, 5) is 11.8. The molecule has 20 heavy (non-hydrogen) atoms. The van der Waals surface area contributed by atoms with E-state index in [1.807, 2.05) is 24.3 Å². The molecule has 1 atom stereocenters. The smallest absolute Gasteiger partial charge is 0.334 e. The maximum atomic E-state index is 11.8. The summed E-state index contributed by atoms with van der Waals surface area (Å²) in [6.07, 6.45) is 6.72. The third-order valence-electron chi connectivity index (χ3n) is 3.94. The lowest BCUT2D eigenvalue weighted by Gasteiger charge is -2.16. The van der Waals surface area contributed by atoms with Gasteiger partial charge in [-0.15, -0.1) is 0 Å². The maximum absolute atomic E-state index is 11.8. The van der Waals surface area contributed by atoms with Crippen molar-refractivity contribution in [1.29, 1.82) is 5.26 Å². The van der Waals surface area contributed by atoms with Crippen molar-refractivity contribution < 1.29 is 9.53 Å². The Labute approximate surface area is 118 Å². The molecule has 2 aliphatic rings. The molecule has 0 radical (unpaired) electrons. The molecular weight excluding hydrogens is 250 g/mol. The number of carbonyl (C=O) groups is 1. The number of cyclic esters (lactones) is 1. The van der Waals surface area contributed by atoms with Crippen LogP contribution in [0.25, 0.3) is 0 Å². The van der Waals surface area contributed by atoms with Gasteiger partial charge in [-0.2, -0.15) is 5.26 Å². The number of ether oxygens (including phenoxy) is 1. The van der Waals surface area contributed by atoms with Crippen LogP contribution in [0.15, 0.2) is 47.6 Å². The van der Waals surface area contributed by atoms with Crippen LogP contribution in [-0.4, -0.2) is 12.6 Å². The van der Waals surface area contributed by atoms with Crippen molar-refractivity contribution >= 4 is 5.97 Å². The largest absolute Gasteiger partial charge is 0.462 e. The summed E-state index contributed by atoms with van der Waals surface area (Å²) in [5, 5.41) is 8.83. The molecule has 1 aromatic rings. The summed E-state index contributed by atoms with van der Waals surface area (Å²) in [6.45, 7) is 0.490. The van der Waals surface area contributed by atoms with Crippen LogP contribution in [0.5, 0.6) is 0 Å². The van der Waals surface area contributed by atoms with E-state index in [4.69, 9.17) is 10.00 Å². The zero-order valence-electron chi connectivity index (χ0n) is 11.1. The highest BCUT2D eigenvalue weighted by atomic mass is 16.5. The number of carbonyl (C=O) groups excluding carboxylic acids is 1. The first-order valence-corrected chi connectivity index (χ1v) is 6.85. The summed E-state index contributed by atoms with van der Waals surface area (Å²) >= 11 is 0. The van der Waals surface area contributed by atoms with E-state index >= 15 is 0 Å². The van der Waals surface area contributed by atoms with Gasteiger partial charge in [0.2, 0.25) is 0 Å². The molecule has 0 bridgehead atoms. The fraction of sp³-hybridized carbons (Fsp3) is 0.294. The Balaban J connectivity index is 1.82. The molecule has 3 nitrogen and oxygen atoms in total. The highest BCUT2D eigenvalue weighted by Crippen LogP contribution is 2.32. The minimum Gasteiger partial charge on any atom is -0.462 e. The second-order valence-electron chi connectivity index (χ2n) is 5.13. The molecule has 1 heterocycles. The molecule has 0 saturated heterocycles. The molecule has 1 aromatic carbocycles. The standard InChI is InChI=1S/C17H15NO2/c18-11-12-1-3-13(4-2-12)14-5-6-15-9-10-20-17(19)16(15)8-7-14/h1-6,14H,7-10H2. The van der Waals surface area contributed by atoms with E-state index in [9.17, 15) is 4.79 Å². The van der Waals surface area contributed by atoms with Gasteiger partial charge in [0.1, 0.15) is 0 Å². The van der Waals surface area contributed by atoms with Gasteiger partial charge in [0.25, 0.3) is 0 Å². The third-order valence-corrected chi connectivity index (χ3v) is 3.94. The minimum absolute atomic E-state index is 0.156. The second kappa shape index (κ2) is 5.34. The summed E-state index contributed by atoms with van der Waals surface area (Å²) in [5.74, 6) is 0.137. The van der Waals surface area contributed by atoms with Gasteiger partial charge in [-0.05, 0) is 36.1 Å². The minimum atomic E-state index is -0.156. The molecule has 100 valence electrons. The van der Waals surface area contributed by atoms with E-state index in [-0.39, 0.29) is 5.97 Å². The number of nitriles is 1. The van der Waals surface area contributed by atoms with Gasteiger partial charge in [-0.1, -0.05) is 24.3 Å². The fourth-order valence-corrected chi connectivity index (χ4v) is 2.78. The average molecular weight is 265 g/mol. The third kappa shape index (κ3) is 2.37. The maximum Gasteiger partial charge on any atom is 0.334 e. The van der Waals surface area contributed by atoms with Crippen molar-refractivity contribution in [2.75, 3.05) is 6.61 Å². The van der Waals surface area contributed by atoms with E-state index in [0.29, 0.717) is 18.1 Å². The van der Waals surface area contributed by atoms with Crippen LogP contribution in [0.2, 0.25) is 0 Å². The molecule has 1 aliphatic carbocycles. The number of hydrogen-bond acceptors (Lipinski definition) is 3. The molecular formula is C17H15NO2. The van der Waals surface area contributed by atoms with Crippen LogP contribution < -0.4 is 0 Å². The zero-order valence-corrected chi connectivity index (χ0v) is 11.1. The van der Waals surface area contributed by atoms with Crippen LogP contribution in [-0.2, 0) is 9.53 Å². The van der Waals surface area contributed by atoms with Crippen molar-refractivity contribution in [2.24, 2.45) is 0 Å². The Hall–Kier alpha value is -2.34. The van der Waals surface area contributed by atoms with Gasteiger partial charge in [0.05, 0.1) is 18.2 Å². The molecule has 3 rings (SSSR count). The van der Waals surface area contributed by atoms with Gasteiger partial charge in [0.15, 0.2) is 0 Å². The predicted octanol–water partition coefficient (Wildman–Crippen LogP) is 3.24. The second-order valence-corrected chi connectivity index (χ2v) is 5.13. The lowest BCUT2D eigenvalue weighted by molar-refractivity contribution is -0.140. The molecule has 1 unspecified atom stereocenters. The first-order valence-electron chi connectivity index (χ1n) is 6.85. The number of hydrogen-bond donors (Lipinski definition) is 0. The molecule has 1 aliphatic heterocycles. The van der Waals surface area contributed by atoms with Gasteiger partial charge in [0, 0.05) is 17.9 Å². The van der Waals surface area contributed by atoms with E-state index in [1.54, 1.807) is 0 Å². The van der Waals surface area contributed by atoms with E-state index in [0.717, 1.165) is 30.4 Å². The first kappa shape index (κ1) is 12.7. The van der Waals surface area contributed by atoms with Crippen LogP contribution in [0.1, 0.15) is 36.3 Å². The van der Waals surface area contributed by atoms with E-state index in [2.05, 4.69) is 18.2 Å². The molecule has 0 fully saturated rings. The van der Waals surface area contributed by atoms with E-state index < -0.39 is 0 Å². The predicted molar refractivity (Wildman–Crippen MR) is 74.9 cm³/mol. The average Bonchev–Trinajstić information content (AvgIpc) is 2.71. The van der Waals surface area contributed by atoms with E-state index in [1.165, 1.54) is 5.56 Å². The number of allylic oxidation sites excluding steroid dienone is 2. The van der Waals surface area contributed by atoms with Gasteiger partial charge >= 0.3 is 5.97 Å². The lowest BCUT2D eigenvalue weighted by Crippen LogP contribution is -2.16. The van der Waals surface area contributed by atoms with Crippen LogP contribution in [0, 0.1) is 11.3 Å². The Kier molecular flexibility index (Phi) is 3.39. The number of benzene rings is 1. The van der Waals surface area contributed by atoms with Crippen molar-refractivity contribution in [3.63, 3.8) is 0 Å². The summed E-state index contributed by atoms with van der Waals surface area (Å²) in [7, 11) is 0. The SMILES string of the molecule is N#Cc1ccc(C2C=CC3=C(CC2)C(=O)OCC3)cc1. The molecule has 0 saturated carbocycles. The Bertz CT molecular complexity index is 632. The van der Waals surface area contributed by atoms with Crippen molar-refractivity contribution in [3.8, 4) is 6.07 Å². The quantitative estimate of drug-likeness (QED) is 0.732. The molecule has 0 spiro atoms. The van der Waals surface area contributed by atoms with Crippen LogP contribution in [0.4, 0.5) is 0 Å². The number of rotatable bonds is 1. The molecule has 0 N–H and O–H groups in total. The lowest BCUT2D eigenvalue weighted by atomic mass is 9.93. The fourth-order valence-electron chi connectivity index (χ4n) is 2.78. The monoisotopic (exact) mass is 265 g/mol. The Morgan fingerprint density at radius 2 is 2.00 bits per heavy atom. The van der Waals surface area contributed by atoms with Gasteiger partial charge in [-0.25, -0.2) is 4.79 Å². The van der Waals surface area contributed by atoms with Crippen LogP contribution >= 0.6 is 0 Å². The number of esters is 1. The molecule has 0 amide bonds. The van der Waals surface area contributed by atoms with Crippen molar-refractivity contribution in [1.82, 2.24) is 0 Å². The van der Waals surface area contributed by atoms with Crippen molar-refractivity contribution in [3.05, 3.63) is 58.7 Å². The number of nitrogens with zero attached hydrogens (tertiary/aromatic N) is 1. The van der Waals surface area contributed by atoms with Gasteiger partial charge < -0.3 is 4.74 Å².